The Balaban J connectivity index is 1.66. The van der Waals surface area contributed by atoms with Crippen molar-refractivity contribution in [1.29, 1.82) is 0 Å². The Hall–Kier alpha value is -3.07. The molecule has 2 heterocycles. The predicted molar refractivity (Wildman–Crippen MR) is 111 cm³/mol. The van der Waals surface area contributed by atoms with E-state index in [9.17, 15) is 18.0 Å². The first kappa shape index (κ1) is 18.9. The molecule has 3 aromatic carbocycles. The molecule has 8 heteroatoms. The Morgan fingerprint density at radius 2 is 1.30 bits per heavy atom. The van der Waals surface area contributed by atoms with Crippen molar-refractivity contribution in [3.05, 3.63) is 71.8 Å². The maximum Gasteiger partial charge on any atom is 0.266 e. The number of carbonyl (C=O) groups is 2. The van der Waals surface area contributed by atoms with Crippen LogP contribution in [0, 0.1) is 0 Å². The van der Waals surface area contributed by atoms with Crippen LogP contribution in [0.15, 0.2) is 65.6 Å². The summed E-state index contributed by atoms with van der Waals surface area (Å²) < 4.78 is 33.2. The van der Waals surface area contributed by atoms with Crippen molar-refractivity contribution in [2.24, 2.45) is 0 Å². The van der Waals surface area contributed by atoms with Gasteiger partial charge in [-0.3, -0.25) is 9.59 Å². The number of hydrogen-bond acceptors (Lipinski definition) is 5. The van der Waals surface area contributed by atoms with Crippen LogP contribution in [0.2, 0.25) is 0 Å². The van der Waals surface area contributed by atoms with Gasteiger partial charge in [-0.05, 0) is 24.3 Å². The van der Waals surface area contributed by atoms with E-state index in [1.807, 2.05) is 0 Å². The summed E-state index contributed by atoms with van der Waals surface area (Å²) >= 11 is 0. The quantitative estimate of drug-likeness (QED) is 0.606. The molecule has 1 fully saturated rings. The smallest absolute Gasteiger partial charge is 0.266 e. The molecule has 0 N–H and O–H groups in total. The normalized spacial score (nSPS) is 17.5. The Bertz CT molecular complexity index is 1260. The lowest BCUT2D eigenvalue weighted by molar-refractivity contribution is 0.0730. The summed E-state index contributed by atoms with van der Waals surface area (Å²) in [6, 6.07) is 16.6. The molecule has 0 saturated carbocycles. The monoisotopic (exact) mass is 422 g/mol. The van der Waals surface area contributed by atoms with Crippen molar-refractivity contribution < 1.29 is 22.7 Å². The third kappa shape index (κ3) is 2.76. The fourth-order valence-corrected chi connectivity index (χ4v) is 5.61. The standard InChI is InChI=1S/C22H18N2O5S/c25-21-17-7-3-4-8-18(17)22(26)24(21)19-9-10-20(16-6-2-1-5-15(16)19)30(27,28)23-11-13-29-14-12-23/h1-10H,11-14H2. The molecule has 2 amide bonds. The fourth-order valence-electron chi connectivity index (χ4n) is 4.01. The number of benzene rings is 3. The van der Waals surface area contributed by atoms with Crippen LogP contribution in [0.3, 0.4) is 0 Å². The lowest BCUT2D eigenvalue weighted by atomic mass is 10.1. The van der Waals surface area contributed by atoms with Crippen LogP contribution in [0.4, 0.5) is 5.69 Å². The molecule has 152 valence electrons. The van der Waals surface area contributed by atoms with Gasteiger partial charge in [-0.25, -0.2) is 13.3 Å². The van der Waals surface area contributed by atoms with Gasteiger partial charge in [-0.1, -0.05) is 36.4 Å². The summed E-state index contributed by atoms with van der Waals surface area (Å²) in [5.74, 6) is -0.825. The zero-order valence-electron chi connectivity index (χ0n) is 15.9. The summed E-state index contributed by atoms with van der Waals surface area (Å²) in [6.07, 6.45) is 0. The lowest BCUT2D eigenvalue weighted by Crippen LogP contribution is -2.40. The van der Waals surface area contributed by atoms with Crippen LogP contribution in [0.5, 0.6) is 0 Å². The second-order valence-electron chi connectivity index (χ2n) is 7.14. The number of hydrogen-bond donors (Lipinski definition) is 0. The van der Waals surface area contributed by atoms with Crippen molar-refractivity contribution in [1.82, 2.24) is 4.31 Å². The van der Waals surface area contributed by atoms with Gasteiger partial charge in [0, 0.05) is 23.9 Å². The number of rotatable bonds is 3. The van der Waals surface area contributed by atoms with E-state index < -0.39 is 21.8 Å². The molecular weight excluding hydrogens is 404 g/mol. The highest BCUT2D eigenvalue weighted by Crippen LogP contribution is 2.37. The van der Waals surface area contributed by atoms with Gasteiger partial charge in [-0.15, -0.1) is 0 Å². The van der Waals surface area contributed by atoms with Crippen molar-refractivity contribution >= 4 is 38.3 Å². The number of anilines is 1. The molecule has 0 bridgehead atoms. The fraction of sp³-hybridized carbons (Fsp3) is 0.182. The minimum atomic E-state index is -3.74. The number of morpholine rings is 1. The van der Waals surface area contributed by atoms with Gasteiger partial charge in [0.15, 0.2) is 0 Å². The number of fused-ring (bicyclic) bond motifs is 2. The van der Waals surface area contributed by atoms with Crippen LogP contribution in [0.1, 0.15) is 20.7 Å². The summed E-state index contributed by atoms with van der Waals surface area (Å²) in [4.78, 5) is 27.2. The summed E-state index contributed by atoms with van der Waals surface area (Å²) in [5, 5.41) is 0.999. The van der Waals surface area contributed by atoms with Crippen molar-refractivity contribution in [2.75, 3.05) is 31.2 Å². The average molecular weight is 422 g/mol. The van der Waals surface area contributed by atoms with Crippen LogP contribution < -0.4 is 4.90 Å². The zero-order chi connectivity index (χ0) is 20.9. The van der Waals surface area contributed by atoms with Gasteiger partial charge < -0.3 is 4.74 Å². The first-order valence-electron chi connectivity index (χ1n) is 9.57. The van der Waals surface area contributed by atoms with E-state index in [-0.39, 0.29) is 18.0 Å². The minimum Gasteiger partial charge on any atom is -0.379 e. The van der Waals surface area contributed by atoms with E-state index in [1.54, 1.807) is 48.5 Å². The van der Waals surface area contributed by atoms with Crippen LogP contribution >= 0.6 is 0 Å². The van der Waals surface area contributed by atoms with Gasteiger partial charge in [0.2, 0.25) is 10.0 Å². The number of imide groups is 1. The van der Waals surface area contributed by atoms with Crippen molar-refractivity contribution in [2.45, 2.75) is 4.90 Å². The largest absolute Gasteiger partial charge is 0.379 e. The number of carbonyl (C=O) groups excluding carboxylic acids is 2. The molecule has 0 aliphatic carbocycles. The third-order valence-electron chi connectivity index (χ3n) is 5.48. The Morgan fingerprint density at radius 3 is 1.93 bits per heavy atom. The first-order valence-corrected chi connectivity index (χ1v) is 11.0. The number of ether oxygens (including phenoxy) is 1. The second kappa shape index (κ2) is 7.02. The molecule has 1 saturated heterocycles. The first-order chi connectivity index (χ1) is 14.5. The number of sulfonamides is 1. The molecule has 5 rings (SSSR count). The van der Waals surface area contributed by atoms with Gasteiger partial charge >= 0.3 is 0 Å². The van der Waals surface area contributed by atoms with E-state index in [4.69, 9.17) is 4.74 Å². The zero-order valence-corrected chi connectivity index (χ0v) is 16.8. The van der Waals surface area contributed by atoms with Crippen LogP contribution in [-0.4, -0.2) is 50.8 Å². The Morgan fingerprint density at radius 1 is 0.733 bits per heavy atom. The molecule has 2 aliphatic rings. The van der Waals surface area contributed by atoms with E-state index in [0.717, 1.165) is 4.90 Å². The Labute approximate surface area is 173 Å². The maximum absolute atomic E-state index is 13.3. The highest BCUT2D eigenvalue weighted by Gasteiger charge is 2.38. The summed E-state index contributed by atoms with van der Waals surface area (Å²) in [6.45, 7) is 1.28. The average Bonchev–Trinajstić information content (AvgIpc) is 3.04. The van der Waals surface area contributed by atoms with Crippen molar-refractivity contribution in [3.8, 4) is 0 Å². The van der Waals surface area contributed by atoms with Gasteiger partial charge in [0.1, 0.15) is 0 Å². The van der Waals surface area contributed by atoms with Crippen LogP contribution in [-0.2, 0) is 14.8 Å². The summed E-state index contributed by atoms with van der Waals surface area (Å²) in [5.41, 5.74) is 1.06. The van der Waals surface area contributed by atoms with E-state index in [1.165, 1.54) is 16.4 Å². The van der Waals surface area contributed by atoms with Gasteiger partial charge in [0.05, 0.1) is 34.9 Å². The molecule has 0 unspecified atom stereocenters. The molecule has 7 nitrogen and oxygen atoms in total. The Kier molecular flexibility index (Phi) is 4.43. The highest BCUT2D eigenvalue weighted by atomic mass is 32.2. The van der Waals surface area contributed by atoms with Gasteiger partial charge in [-0.2, -0.15) is 4.31 Å². The highest BCUT2D eigenvalue weighted by molar-refractivity contribution is 7.89. The summed E-state index contributed by atoms with van der Waals surface area (Å²) in [7, 11) is -3.74. The molecular formula is C22H18N2O5S. The molecule has 0 radical (unpaired) electrons. The topological polar surface area (TPSA) is 84.0 Å². The van der Waals surface area contributed by atoms with Gasteiger partial charge in [0.25, 0.3) is 11.8 Å². The van der Waals surface area contributed by atoms with E-state index >= 15 is 0 Å². The second-order valence-corrected chi connectivity index (χ2v) is 9.04. The van der Waals surface area contributed by atoms with Crippen LogP contribution in [0.25, 0.3) is 10.8 Å². The lowest BCUT2D eigenvalue weighted by Gasteiger charge is -2.27. The SMILES string of the molecule is O=C1c2ccccc2C(=O)N1c1ccc(S(=O)(=O)N2CCOCC2)c2ccccc12. The molecule has 3 aromatic rings. The van der Waals surface area contributed by atoms with Crippen molar-refractivity contribution in [3.63, 3.8) is 0 Å². The third-order valence-corrected chi connectivity index (χ3v) is 7.44. The predicted octanol–water partition coefficient (Wildman–Crippen LogP) is 2.66. The van der Waals surface area contributed by atoms with E-state index in [2.05, 4.69) is 0 Å². The molecule has 0 spiro atoms. The molecule has 2 aliphatic heterocycles. The molecule has 0 atom stereocenters. The molecule has 30 heavy (non-hydrogen) atoms. The van der Waals surface area contributed by atoms with E-state index in [0.29, 0.717) is 40.8 Å². The number of nitrogens with zero attached hydrogens (tertiary/aromatic N) is 2. The number of amides is 2. The molecule has 0 aromatic heterocycles. The maximum atomic E-state index is 13.3. The minimum absolute atomic E-state index is 0.153.